The molecule has 0 radical (unpaired) electrons. The second-order valence-corrected chi connectivity index (χ2v) is 5.36. The van der Waals surface area contributed by atoms with E-state index in [-0.39, 0.29) is 11.8 Å². The van der Waals surface area contributed by atoms with Crippen LogP contribution in [0.4, 0.5) is 11.8 Å². The Morgan fingerprint density at radius 2 is 1.92 bits per heavy atom. The fraction of sp³-hybridized carbons (Fsp3) is 0.278. The van der Waals surface area contributed by atoms with Crippen molar-refractivity contribution < 1.29 is 19.4 Å². The van der Waals surface area contributed by atoms with Gasteiger partial charge in [-0.3, -0.25) is 0 Å². The summed E-state index contributed by atoms with van der Waals surface area (Å²) >= 11 is 0. The molecule has 2 rings (SSSR count). The Balaban J connectivity index is 1.88. The summed E-state index contributed by atoms with van der Waals surface area (Å²) < 4.78 is 11.4. The smallest absolute Gasteiger partial charge is 0.328 e. The summed E-state index contributed by atoms with van der Waals surface area (Å²) in [5.74, 6) is 0.393. The molecule has 0 saturated heterocycles. The lowest BCUT2D eigenvalue weighted by Crippen LogP contribution is -2.11. The zero-order valence-electron chi connectivity index (χ0n) is 14.5. The van der Waals surface area contributed by atoms with Crippen LogP contribution in [0.15, 0.2) is 30.3 Å². The first-order valence-corrected chi connectivity index (χ1v) is 8.18. The molecule has 0 atom stereocenters. The van der Waals surface area contributed by atoms with E-state index in [1.54, 1.807) is 12.1 Å². The molecule has 1 aromatic heterocycles. The molecule has 0 aliphatic rings. The van der Waals surface area contributed by atoms with Crippen molar-refractivity contribution in [2.75, 3.05) is 24.7 Å². The van der Waals surface area contributed by atoms with Gasteiger partial charge in [0.05, 0.1) is 18.9 Å². The number of nitrogens with two attached hydrogens (primary N) is 2. The Morgan fingerprint density at radius 1 is 1.19 bits per heavy atom. The Kier molecular flexibility index (Phi) is 6.78. The first kappa shape index (κ1) is 19.0. The molecule has 1 heterocycles. The molecule has 26 heavy (non-hydrogen) atoms. The average molecular weight is 358 g/mol. The van der Waals surface area contributed by atoms with Crippen LogP contribution in [0.25, 0.3) is 6.08 Å². The summed E-state index contributed by atoms with van der Waals surface area (Å²) in [4.78, 5) is 18.7. The topological polar surface area (TPSA) is 134 Å². The van der Waals surface area contributed by atoms with Crippen LogP contribution in [0.3, 0.4) is 0 Å². The number of nitrogen functional groups attached to an aromatic ring is 2. The summed E-state index contributed by atoms with van der Waals surface area (Å²) in [6, 6.07) is 7.20. The predicted octanol–water partition coefficient (Wildman–Crippen LogP) is 2.15. The third kappa shape index (κ3) is 5.37. The van der Waals surface area contributed by atoms with Crippen LogP contribution in [0.5, 0.6) is 11.5 Å². The third-order valence-corrected chi connectivity index (χ3v) is 3.43. The van der Waals surface area contributed by atoms with Crippen LogP contribution in [-0.2, 0) is 11.2 Å². The number of carboxylic acid groups (broad SMARTS) is 1. The highest BCUT2D eigenvalue weighted by Gasteiger charge is 2.11. The van der Waals surface area contributed by atoms with Crippen molar-refractivity contribution in [1.82, 2.24) is 9.97 Å². The number of hydrogen-bond acceptors (Lipinski definition) is 7. The lowest BCUT2D eigenvalue weighted by atomic mass is 10.2. The standard InChI is InChI=1S/C18H22N4O4/c1-2-13-16(17(19)22-18(20)21-13)26-11-5-10-25-14-7-4-3-6-12(14)8-9-15(23)24/h3-4,6-9H,2,5,10-11H2,1H3,(H,23,24)(H4,19,20,21,22)/b9-8+. The first-order chi connectivity index (χ1) is 12.5. The van der Waals surface area contributed by atoms with Gasteiger partial charge >= 0.3 is 5.97 Å². The molecule has 8 heteroatoms. The predicted molar refractivity (Wildman–Crippen MR) is 99.0 cm³/mol. The van der Waals surface area contributed by atoms with Crippen LogP contribution in [0, 0.1) is 0 Å². The van der Waals surface area contributed by atoms with E-state index in [4.69, 9.17) is 26.0 Å². The SMILES string of the molecule is CCc1nc(N)nc(N)c1OCCCOc1ccccc1/C=C/C(=O)O. The van der Waals surface area contributed by atoms with E-state index >= 15 is 0 Å². The van der Waals surface area contributed by atoms with Crippen LogP contribution in [-0.4, -0.2) is 34.3 Å². The molecule has 0 spiro atoms. The molecule has 0 amide bonds. The maximum atomic E-state index is 10.6. The molecule has 0 aliphatic carbocycles. The summed E-state index contributed by atoms with van der Waals surface area (Å²) in [6.07, 6.45) is 3.80. The molecule has 138 valence electrons. The lowest BCUT2D eigenvalue weighted by Gasteiger charge is -2.13. The number of rotatable bonds is 9. The monoisotopic (exact) mass is 358 g/mol. The molecule has 0 unspecified atom stereocenters. The number of carbonyl (C=O) groups is 1. The Labute approximate surface area is 151 Å². The van der Waals surface area contributed by atoms with Gasteiger partial charge in [-0.1, -0.05) is 25.1 Å². The molecule has 5 N–H and O–H groups in total. The molecule has 1 aromatic carbocycles. The van der Waals surface area contributed by atoms with Gasteiger partial charge in [-0.2, -0.15) is 4.98 Å². The van der Waals surface area contributed by atoms with Crippen LogP contribution in [0.1, 0.15) is 24.6 Å². The zero-order valence-corrected chi connectivity index (χ0v) is 14.5. The third-order valence-electron chi connectivity index (χ3n) is 3.43. The van der Waals surface area contributed by atoms with Gasteiger partial charge in [0.25, 0.3) is 0 Å². The van der Waals surface area contributed by atoms with E-state index in [0.717, 1.165) is 6.08 Å². The number of para-hydroxylation sites is 1. The maximum Gasteiger partial charge on any atom is 0.328 e. The molecule has 0 saturated carbocycles. The zero-order chi connectivity index (χ0) is 18.9. The lowest BCUT2D eigenvalue weighted by molar-refractivity contribution is -0.131. The van der Waals surface area contributed by atoms with Crippen molar-refractivity contribution in [2.24, 2.45) is 0 Å². The van der Waals surface area contributed by atoms with E-state index in [1.807, 2.05) is 19.1 Å². The van der Waals surface area contributed by atoms with Crippen LogP contribution < -0.4 is 20.9 Å². The second-order valence-electron chi connectivity index (χ2n) is 5.36. The number of carboxylic acids is 1. The van der Waals surface area contributed by atoms with Gasteiger partial charge in [0.1, 0.15) is 5.75 Å². The number of anilines is 2. The number of ether oxygens (including phenoxy) is 2. The number of aryl methyl sites for hydroxylation is 1. The van der Waals surface area contributed by atoms with Crippen LogP contribution >= 0.6 is 0 Å². The van der Waals surface area contributed by atoms with E-state index < -0.39 is 5.97 Å². The quantitative estimate of drug-likeness (QED) is 0.458. The van der Waals surface area contributed by atoms with Gasteiger partial charge in [-0.15, -0.1) is 0 Å². The highest BCUT2D eigenvalue weighted by atomic mass is 16.5. The van der Waals surface area contributed by atoms with Crippen LogP contribution in [0.2, 0.25) is 0 Å². The molecule has 0 aliphatic heterocycles. The number of benzene rings is 1. The fourth-order valence-electron chi connectivity index (χ4n) is 2.26. The minimum atomic E-state index is -1.01. The maximum absolute atomic E-state index is 10.6. The number of nitrogens with zero attached hydrogens (tertiary/aromatic N) is 2. The summed E-state index contributed by atoms with van der Waals surface area (Å²) in [5, 5.41) is 8.73. The molecule has 2 aromatic rings. The van der Waals surface area contributed by atoms with E-state index in [0.29, 0.717) is 48.8 Å². The molecule has 0 bridgehead atoms. The van der Waals surface area contributed by atoms with E-state index in [2.05, 4.69) is 9.97 Å². The number of aromatic nitrogens is 2. The molecular formula is C18H22N4O4. The Hall–Kier alpha value is -3.29. The van der Waals surface area contributed by atoms with Gasteiger partial charge < -0.3 is 26.0 Å². The Bertz CT molecular complexity index is 793. The van der Waals surface area contributed by atoms with Gasteiger partial charge in [0.2, 0.25) is 5.95 Å². The largest absolute Gasteiger partial charge is 0.493 e. The van der Waals surface area contributed by atoms with Gasteiger partial charge in [-0.05, 0) is 18.6 Å². The summed E-state index contributed by atoms with van der Waals surface area (Å²) in [5.41, 5.74) is 12.8. The first-order valence-electron chi connectivity index (χ1n) is 8.18. The minimum absolute atomic E-state index is 0.126. The summed E-state index contributed by atoms with van der Waals surface area (Å²) in [6.45, 7) is 2.70. The number of aliphatic carboxylic acids is 1. The van der Waals surface area contributed by atoms with Gasteiger partial charge in [0, 0.05) is 18.1 Å². The molecule has 8 nitrogen and oxygen atoms in total. The van der Waals surface area contributed by atoms with Crippen molar-refractivity contribution >= 4 is 23.8 Å². The normalized spacial score (nSPS) is 10.8. The van der Waals surface area contributed by atoms with Crippen molar-refractivity contribution in [3.05, 3.63) is 41.6 Å². The average Bonchev–Trinajstić information content (AvgIpc) is 2.61. The fourth-order valence-corrected chi connectivity index (χ4v) is 2.26. The second kappa shape index (κ2) is 9.26. The van der Waals surface area contributed by atoms with Crippen molar-refractivity contribution in [3.8, 4) is 11.5 Å². The van der Waals surface area contributed by atoms with Gasteiger partial charge in [0.15, 0.2) is 11.6 Å². The summed E-state index contributed by atoms with van der Waals surface area (Å²) in [7, 11) is 0. The van der Waals surface area contributed by atoms with Crippen molar-refractivity contribution in [3.63, 3.8) is 0 Å². The van der Waals surface area contributed by atoms with E-state index in [9.17, 15) is 4.79 Å². The highest BCUT2D eigenvalue weighted by Crippen LogP contribution is 2.25. The molecular weight excluding hydrogens is 336 g/mol. The highest BCUT2D eigenvalue weighted by molar-refractivity contribution is 5.85. The minimum Gasteiger partial charge on any atom is -0.493 e. The van der Waals surface area contributed by atoms with Crippen molar-refractivity contribution in [1.29, 1.82) is 0 Å². The Morgan fingerprint density at radius 3 is 2.65 bits per heavy atom. The van der Waals surface area contributed by atoms with E-state index in [1.165, 1.54) is 6.08 Å². The number of hydrogen-bond donors (Lipinski definition) is 3. The van der Waals surface area contributed by atoms with Gasteiger partial charge in [-0.25, -0.2) is 9.78 Å². The molecule has 0 fully saturated rings. The van der Waals surface area contributed by atoms with Crippen molar-refractivity contribution in [2.45, 2.75) is 19.8 Å².